The van der Waals surface area contributed by atoms with E-state index in [0.717, 1.165) is 0 Å². The molecule has 0 aromatic carbocycles. The Bertz CT molecular complexity index is 733. The number of allylic oxidation sites excluding steroid dienone is 1. The molecule has 8 nitrogen and oxygen atoms in total. The average molecular weight is 272 g/mol. The molecule has 2 atom stereocenters. The summed E-state index contributed by atoms with van der Waals surface area (Å²) in [4.78, 5) is 14.7. The van der Waals surface area contributed by atoms with Gasteiger partial charge in [-0.15, -0.1) is 0 Å². The quantitative estimate of drug-likeness (QED) is 0.434. The van der Waals surface area contributed by atoms with E-state index in [-0.39, 0.29) is 29.6 Å². The third-order valence-electron chi connectivity index (χ3n) is 2.53. The van der Waals surface area contributed by atoms with Gasteiger partial charge in [-0.3, -0.25) is 0 Å². The molecule has 0 spiro atoms. The van der Waals surface area contributed by atoms with E-state index in [1.807, 2.05) is 0 Å². The first-order valence-electron chi connectivity index (χ1n) is 4.59. The molecule has 0 aromatic rings. The molecule has 1 rings (SSSR count). The molecule has 0 saturated carbocycles. The Morgan fingerprint density at radius 2 is 1.75 bits per heavy atom. The van der Waals surface area contributed by atoms with E-state index in [1.165, 1.54) is 30.3 Å². The molecule has 0 radical (unpaired) electrons. The summed E-state index contributed by atoms with van der Waals surface area (Å²) >= 11 is 0. The van der Waals surface area contributed by atoms with Gasteiger partial charge in [-0.1, -0.05) is 0 Å². The van der Waals surface area contributed by atoms with Gasteiger partial charge in [0.05, 0.1) is 29.8 Å². The van der Waals surface area contributed by atoms with Crippen LogP contribution in [0.15, 0.2) is 16.3 Å². The van der Waals surface area contributed by atoms with Gasteiger partial charge in [-0.25, -0.2) is 4.99 Å². The van der Waals surface area contributed by atoms with Crippen LogP contribution in [0.1, 0.15) is 0 Å². The van der Waals surface area contributed by atoms with Crippen LogP contribution in [0.3, 0.4) is 0 Å². The number of carboxylic acids is 1. The van der Waals surface area contributed by atoms with Crippen molar-refractivity contribution in [1.29, 1.82) is 26.3 Å². The van der Waals surface area contributed by atoms with Crippen molar-refractivity contribution < 1.29 is 39.5 Å². The zero-order valence-electron chi connectivity index (χ0n) is 10.1. The summed E-state index contributed by atoms with van der Waals surface area (Å²) < 4.78 is 0. The Kier molecular flexibility index (Phi) is 5.62. The molecule has 88 valence electrons. The fourth-order valence-electron chi connectivity index (χ4n) is 1.63. The van der Waals surface area contributed by atoms with Gasteiger partial charge in [0.1, 0.15) is 23.8 Å². The van der Waals surface area contributed by atoms with E-state index in [2.05, 4.69) is 4.99 Å². The molecule has 0 aromatic heterocycles. The fraction of sp³-hybridized carbons (Fsp3) is 0.182. The van der Waals surface area contributed by atoms with Crippen LogP contribution in [0.4, 0.5) is 0 Å². The van der Waals surface area contributed by atoms with E-state index in [0.29, 0.717) is 0 Å². The van der Waals surface area contributed by atoms with E-state index < -0.39 is 34.3 Å². The molecule has 1 heterocycles. The molecule has 2 unspecified atom stereocenters. The summed E-state index contributed by atoms with van der Waals surface area (Å²) in [6.45, 7) is 0. The number of hydrogen-bond donors (Lipinski definition) is 0. The topological polar surface area (TPSA) is 171 Å². The minimum absolute atomic E-state index is 0. The number of carbonyl (C=O) groups excluding carboxylic acids is 1. The van der Waals surface area contributed by atoms with Gasteiger partial charge in [0, 0.05) is 0 Å². The van der Waals surface area contributed by atoms with Crippen molar-refractivity contribution in [3.8, 4) is 30.3 Å². The Hall–Kier alpha value is -2.67. The molecule has 0 amide bonds. The van der Waals surface area contributed by atoms with Crippen molar-refractivity contribution in [3.63, 3.8) is 0 Å². The van der Waals surface area contributed by atoms with Crippen molar-refractivity contribution in [1.82, 2.24) is 0 Å². The summed E-state index contributed by atoms with van der Waals surface area (Å²) in [5.74, 6) is -3.84. The maximum Gasteiger partial charge on any atom is 1.00 e. The first-order chi connectivity index (χ1) is 9.03. The largest absolute Gasteiger partial charge is 1.00 e. The number of carboxylic acid groups (broad SMARTS) is 1. The average Bonchev–Trinajstić information content (AvgIpc) is 2.43. The van der Waals surface area contributed by atoms with Gasteiger partial charge in [-0.05, 0) is 0 Å². The van der Waals surface area contributed by atoms with Crippen LogP contribution in [-0.2, 0) is 4.79 Å². The zero-order chi connectivity index (χ0) is 14.6. The Labute approximate surface area is 135 Å². The van der Waals surface area contributed by atoms with Crippen LogP contribution in [0.2, 0.25) is 0 Å². The minimum atomic E-state index is -2.71. The minimum Gasteiger partial charge on any atom is -0.548 e. The van der Waals surface area contributed by atoms with E-state index in [1.54, 1.807) is 0 Å². The molecule has 0 fully saturated rings. The molecule has 9 heteroatoms. The van der Waals surface area contributed by atoms with Crippen LogP contribution >= 0.6 is 0 Å². The maximum atomic E-state index is 11.2. The van der Waals surface area contributed by atoms with Crippen molar-refractivity contribution in [3.05, 3.63) is 11.3 Å². The summed E-state index contributed by atoms with van der Waals surface area (Å²) in [5.41, 5.74) is -4.82. The normalized spacial score (nSPS) is 23.6. The van der Waals surface area contributed by atoms with Gasteiger partial charge < -0.3 is 9.90 Å². The van der Waals surface area contributed by atoms with Crippen LogP contribution < -0.4 is 34.7 Å². The second-order valence-electron chi connectivity index (χ2n) is 3.33. The monoisotopic (exact) mass is 272 g/mol. The number of carbonyl (C=O) groups is 1. The number of rotatable bonds is 1. The van der Waals surface area contributed by atoms with E-state index >= 15 is 0 Å². The molecule has 0 saturated heterocycles. The van der Waals surface area contributed by atoms with Gasteiger partial charge in [0.2, 0.25) is 0 Å². The standard InChI is InChI=1S/C11H2N6O2.Na/c12-1-6-8(3-14)17-9(4-15)7(2-13)11(6,5-16)10(18)19;/h6H,(H,18,19);/q;+1/p-1. The predicted molar refractivity (Wildman–Crippen MR) is 53.5 cm³/mol. The van der Waals surface area contributed by atoms with Crippen molar-refractivity contribution >= 4 is 11.7 Å². The Balaban J connectivity index is 0.00000361. The predicted octanol–water partition coefficient (Wildman–Crippen LogP) is -4.33. The molecule has 20 heavy (non-hydrogen) atoms. The van der Waals surface area contributed by atoms with Crippen molar-refractivity contribution in [2.45, 2.75) is 0 Å². The fourth-order valence-corrected chi connectivity index (χ4v) is 1.63. The summed E-state index contributed by atoms with van der Waals surface area (Å²) in [5, 5.41) is 55.7. The second kappa shape index (κ2) is 6.48. The smallest absolute Gasteiger partial charge is 0.548 e. The van der Waals surface area contributed by atoms with E-state index in [9.17, 15) is 9.90 Å². The SMILES string of the molecule is N#CC1=NC(C#N)=C(C#N)C(C#N)(C(=O)[O-])C1C#N.[Na+]. The Morgan fingerprint density at radius 3 is 2.05 bits per heavy atom. The molecule has 1 aliphatic heterocycles. The summed E-state index contributed by atoms with van der Waals surface area (Å²) in [6, 6.07) is 7.00. The molecule has 0 bridgehead atoms. The van der Waals surface area contributed by atoms with Crippen LogP contribution in [0, 0.1) is 68.0 Å². The second-order valence-corrected chi connectivity index (χ2v) is 3.33. The van der Waals surface area contributed by atoms with Crippen LogP contribution in [-0.4, -0.2) is 11.7 Å². The molecule has 1 aliphatic rings. The number of aliphatic imine (C=N–C) groups is 1. The van der Waals surface area contributed by atoms with Gasteiger partial charge in [0.15, 0.2) is 11.1 Å². The third-order valence-corrected chi connectivity index (χ3v) is 2.53. The van der Waals surface area contributed by atoms with Gasteiger partial charge >= 0.3 is 29.6 Å². The van der Waals surface area contributed by atoms with Gasteiger partial charge in [-0.2, -0.15) is 26.3 Å². The first kappa shape index (κ1) is 17.3. The molecule has 0 aliphatic carbocycles. The van der Waals surface area contributed by atoms with Crippen LogP contribution in [0.25, 0.3) is 0 Å². The number of nitrogens with zero attached hydrogens (tertiary/aromatic N) is 6. The maximum absolute atomic E-state index is 11.2. The molecular weight excluding hydrogens is 271 g/mol. The number of nitriles is 5. The molecular formula is C11HN6NaO2. The summed E-state index contributed by atoms with van der Waals surface area (Å²) in [7, 11) is 0. The first-order valence-corrected chi connectivity index (χ1v) is 4.59. The van der Waals surface area contributed by atoms with E-state index in [4.69, 9.17) is 26.3 Å². The van der Waals surface area contributed by atoms with Crippen molar-refractivity contribution in [2.75, 3.05) is 0 Å². The molecule has 0 N–H and O–H groups in total. The number of aliphatic carboxylic acids is 1. The Morgan fingerprint density at radius 1 is 1.15 bits per heavy atom. The van der Waals surface area contributed by atoms with Gasteiger partial charge in [0.25, 0.3) is 0 Å². The summed E-state index contributed by atoms with van der Waals surface area (Å²) in [6.07, 6.45) is 0. The van der Waals surface area contributed by atoms with Crippen LogP contribution in [0.5, 0.6) is 0 Å². The number of hydrogen-bond acceptors (Lipinski definition) is 8. The van der Waals surface area contributed by atoms with Crippen molar-refractivity contribution in [2.24, 2.45) is 16.3 Å². The zero-order valence-corrected chi connectivity index (χ0v) is 12.1. The third kappa shape index (κ3) is 2.14.